The minimum Gasteiger partial charge on any atom is -0.493 e. The molecule has 0 bridgehead atoms. The van der Waals surface area contributed by atoms with Gasteiger partial charge < -0.3 is 14.4 Å². The van der Waals surface area contributed by atoms with Crippen LogP contribution in [-0.4, -0.2) is 36.5 Å². The molecule has 0 spiro atoms. The highest BCUT2D eigenvalue weighted by molar-refractivity contribution is 8.19. The number of rotatable bonds is 8. The van der Waals surface area contributed by atoms with Crippen molar-refractivity contribution in [1.82, 2.24) is 4.90 Å². The number of methoxy groups -OCH3 is 1. The van der Waals surface area contributed by atoms with Crippen molar-refractivity contribution in [2.45, 2.75) is 17.7 Å². The number of thioether (sulfide) groups is 2. The van der Waals surface area contributed by atoms with Crippen LogP contribution in [0.2, 0.25) is 0 Å². The third-order valence-corrected chi connectivity index (χ3v) is 8.39. The molecule has 0 radical (unpaired) electrons. The number of amides is 1. The zero-order valence-electron chi connectivity index (χ0n) is 18.3. The monoisotopic (exact) mass is 465 g/mol. The van der Waals surface area contributed by atoms with Crippen LogP contribution in [0, 0.1) is 0 Å². The average molecular weight is 466 g/mol. The Labute approximate surface area is 198 Å². The molecule has 1 aliphatic heterocycles. The molecule has 1 fully saturated rings. The molecule has 0 unspecified atom stereocenters. The van der Waals surface area contributed by atoms with E-state index in [0.29, 0.717) is 34.8 Å². The molecule has 32 heavy (non-hydrogen) atoms. The van der Waals surface area contributed by atoms with Gasteiger partial charge in [0.2, 0.25) is 0 Å². The molecular weight excluding hydrogens is 438 g/mol. The van der Waals surface area contributed by atoms with Crippen LogP contribution in [0.15, 0.2) is 72.8 Å². The van der Waals surface area contributed by atoms with E-state index in [1.54, 1.807) is 12.0 Å². The molecule has 4 rings (SSSR count). The fourth-order valence-electron chi connectivity index (χ4n) is 3.56. The molecule has 0 atom stereocenters. The van der Waals surface area contributed by atoms with Gasteiger partial charge >= 0.3 is 0 Å². The summed E-state index contributed by atoms with van der Waals surface area (Å²) in [5.74, 6) is 3.74. The third kappa shape index (κ3) is 5.61. The SMILES string of the molecule is COc1cc(CN(C)C(=O)c2ccc(C3SCCS3)cc2)ccc1OCc1ccccc1. The summed E-state index contributed by atoms with van der Waals surface area (Å²) in [6.07, 6.45) is 0. The van der Waals surface area contributed by atoms with Gasteiger partial charge in [-0.05, 0) is 41.0 Å². The Bertz CT molecular complexity index is 1030. The van der Waals surface area contributed by atoms with Crippen LogP contribution in [0.5, 0.6) is 11.5 Å². The Balaban J connectivity index is 1.38. The lowest BCUT2D eigenvalue weighted by atomic mass is 10.1. The van der Waals surface area contributed by atoms with Crippen molar-refractivity contribution >= 4 is 29.4 Å². The van der Waals surface area contributed by atoms with E-state index in [1.807, 2.05) is 91.2 Å². The molecule has 1 saturated heterocycles. The number of carbonyl (C=O) groups is 1. The molecule has 166 valence electrons. The number of hydrogen-bond donors (Lipinski definition) is 0. The summed E-state index contributed by atoms with van der Waals surface area (Å²) < 4.78 is 12.0. The van der Waals surface area contributed by atoms with E-state index in [9.17, 15) is 4.79 Å². The predicted molar refractivity (Wildman–Crippen MR) is 134 cm³/mol. The van der Waals surface area contributed by atoms with Crippen LogP contribution in [0.4, 0.5) is 0 Å². The summed E-state index contributed by atoms with van der Waals surface area (Å²) in [6, 6.07) is 23.9. The van der Waals surface area contributed by atoms with Crippen LogP contribution < -0.4 is 9.47 Å². The molecule has 0 N–H and O–H groups in total. The molecule has 1 heterocycles. The van der Waals surface area contributed by atoms with Gasteiger partial charge in [0.05, 0.1) is 11.7 Å². The van der Waals surface area contributed by atoms with E-state index in [2.05, 4.69) is 12.1 Å². The number of hydrogen-bond acceptors (Lipinski definition) is 5. The lowest BCUT2D eigenvalue weighted by molar-refractivity contribution is 0.0785. The Kier molecular flexibility index (Phi) is 7.66. The van der Waals surface area contributed by atoms with E-state index in [0.717, 1.165) is 11.1 Å². The number of benzene rings is 3. The van der Waals surface area contributed by atoms with Gasteiger partial charge in [0, 0.05) is 30.7 Å². The van der Waals surface area contributed by atoms with Gasteiger partial charge in [-0.15, -0.1) is 23.5 Å². The van der Waals surface area contributed by atoms with Gasteiger partial charge in [-0.3, -0.25) is 4.79 Å². The second-order valence-corrected chi connectivity index (χ2v) is 10.3. The van der Waals surface area contributed by atoms with E-state index < -0.39 is 0 Å². The van der Waals surface area contributed by atoms with E-state index in [4.69, 9.17) is 9.47 Å². The fourth-order valence-corrected chi connectivity index (χ4v) is 6.42. The Hall–Kier alpha value is -2.57. The van der Waals surface area contributed by atoms with Gasteiger partial charge in [0.1, 0.15) is 6.61 Å². The van der Waals surface area contributed by atoms with Crippen molar-refractivity contribution in [3.05, 3.63) is 95.1 Å². The molecule has 3 aromatic carbocycles. The first kappa shape index (κ1) is 22.6. The number of ether oxygens (including phenoxy) is 2. The Morgan fingerprint density at radius 3 is 2.34 bits per heavy atom. The second-order valence-electron chi connectivity index (χ2n) is 7.62. The highest BCUT2D eigenvalue weighted by Crippen LogP contribution is 2.45. The van der Waals surface area contributed by atoms with Crippen molar-refractivity contribution in [2.75, 3.05) is 25.7 Å². The first-order valence-corrected chi connectivity index (χ1v) is 12.7. The maximum absolute atomic E-state index is 12.9. The third-order valence-electron chi connectivity index (χ3n) is 5.28. The molecule has 1 amide bonds. The van der Waals surface area contributed by atoms with Crippen LogP contribution in [0.1, 0.15) is 31.6 Å². The van der Waals surface area contributed by atoms with E-state index in [-0.39, 0.29) is 5.91 Å². The maximum atomic E-state index is 12.9. The van der Waals surface area contributed by atoms with Crippen LogP contribution in [0.3, 0.4) is 0 Å². The quantitative estimate of drug-likeness (QED) is 0.406. The minimum absolute atomic E-state index is 0.00616. The summed E-state index contributed by atoms with van der Waals surface area (Å²) in [6.45, 7) is 0.965. The molecule has 1 aliphatic rings. The first-order chi connectivity index (χ1) is 15.6. The van der Waals surface area contributed by atoms with E-state index >= 15 is 0 Å². The zero-order valence-corrected chi connectivity index (χ0v) is 20.0. The summed E-state index contributed by atoms with van der Waals surface area (Å²) in [7, 11) is 3.46. The summed E-state index contributed by atoms with van der Waals surface area (Å²) in [5, 5.41) is 0. The van der Waals surface area contributed by atoms with Gasteiger partial charge in [-0.25, -0.2) is 0 Å². The largest absolute Gasteiger partial charge is 0.493 e. The van der Waals surface area contributed by atoms with Crippen LogP contribution >= 0.6 is 23.5 Å². The highest BCUT2D eigenvalue weighted by Gasteiger charge is 2.19. The highest BCUT2D eigenvalue weighted by atomic mass is 32.2. The van der Waals surface area contributed by atoms with Crippen LogP contribution in [-0.2, 0) is 13.2 Å². The van der Waals surface area contributed by atoms with E-state index in [1.165, 1.54) is 17.1 Å². The minimum atomic E-state index is 0.00616. The molecule has 3 aromatic rings. The first-order valence-electron chi connectivity index (χ1n) is 10.6. The van der Waals surface area contributed by atoms with Crippen molar-refractivity contribution < 1.29 is 14.3 Å². The van der Waals surface area contributed by atoms with Crippen molar-refractivity contribution in [1.29, 1.82) is 0 Å². The van der Waals surface area contributed by atoms with Gasteiger partial charge in [-0.1, -0.05) is 48.5 Å². The molecule has 6 heteroatoms. The molecular formula is C26H27NO3S2. The van der Waals surface area contributed by atoms with Gasteiger partial charge in [0.25, 0.3) is 5.91 Å². The molecule has 0 saturated carbocycles. The topological polar surface area (TPSA) is 38.8 Å². The summed E-state index contributed by atoms with van der Waals surface area (Å²) >= 11 is 3.94. The number of nitrogens with zero attached hydrogens (tertiary/aromatic N) is 1. The predicted octanol–water partition coefficient (Wildman–Crippen LogP) is 6.03. The van der Waals surface area contributed by atoms with Crippen molar-refractivity contribution in [3.63, 3.8) is 0 Å². The molecule has 4 nitrogen and oxygen atoms in total. The normalized spacial score (nSPS) is 13.7. The molecule has 0 aromatic heterocycles. The standard InChI is InChI=1S/C26H27NO3S2/c1-27(25(28)21-9-11-22(12-10-21)26-31-14-15-32-26)17-20-8-13-23(24(16-20)29-2)30-18-19-6-4-3-5-7-19/h3-13,16,26H,14-15,17-18H2,1-2H3. The Morgan fingerprint density at radius 1 is 0.938 bits per heavy atom. The molecule has 0 aliphatic carbocycles. The van der Waals surface area contributed by atoms with Crippen molar-refractivity contribution in [3.8, 4) is 11.5 Å². The fraction of sp³-hybridized carbons (Fsp3) is 0.269. The lowest BCUT2D eigenvalue weighted by Gasteiger charge is -2.19. The maximum Gasteiger partial charge on any atom is 0.253 e. The number of carbonyl (C=O) groups excluding carboxylic acids is 1. The van der Waals surface area contributed by atoms with Gasteiger partial charge in [-0.2, -0.15) is 0 Å². The van der Waals surface area contributed by atoms with Crippen LogP contribution in [0.25, 0.3) is 0 Å². The lowest BCUT2D eigenvalue weighted by Crippen LogP contribution is -2.26. The van der Waals surface area contributed by atoms with Crippen molar-refractivity contribution in [2.24, 2.45) is 0 Å². The van der Waals surface area contributed by atoms with Gasteiger partial charge in [0.15, 0.2) is 11.5 Å². The Morgan fingerprint density at radius 2 is 1.66 bits per heavy atom. The second kappa shape index (κ2) is 10.8. The summed E-state index contributed by atoms with van der Waals surface area (Å²) in [4.78, 5) is 14.7. The smallest absolute Gasteiger partial charge is 0.253 e. The summed E-state index contributed by atoms with van der Waals surface area (Å²) in [5.41, 5.74) is 4.08. The zero-order chi connectivity index (χ0) is 22.3. The average Bonchev–Trinajstić information content (AvgIpc) is 3.38.